The molecule has 1 saturated heterocycles. The summed E-state index contributed by atoms with van der Waals surface area (Å²) in [5, 5.41) is 9.75. The Bertz CT molecular complexity index is 1140. The van der Waals surface area contributed by atoms with Gasteiger partial charge in [0, 0.05) is 32.4 Å². The normalized spacial score (nSPS) is 16.5. The van der Waals surface area contributed by atoms with Crippen molar-refractivity contribution < 1.29 is 14.7 Å². The number of hydrogen-bond acceptors (Lipinski definition) is 4. The lowest BCUT2D eigenvalue weighted by Crippen LogP contribution is -2.38. The molecule has 2 aromatic carbocycles. The summed E-state index contributed by atoms with van der Waals surface area (Å²) in [6, 6.07) is 18.0. The maximum Gasteiger partial charge on any atom is 0.255 e. The van der Waals surface area contributed by atoms with Gasteiger partial charge in [0.1, 0.15) is 5.75 Å². The smallest absolute Gasteiger partial charge is 0.255 e. The molecule has 1 atom stereocenters. The predicted molar refractivity (Wildman–Crippen MR) is 128 cm³/mol. The van der Waals surface area contributed by atoms with E-state index in [-0.39, 0.29) is 23.5 Å². The van der Waals surface area contributed by atoms with Crippen LogP contribution in [-0.2, 0) is 11.2 Å². The molecule has 0 radical (unpaired) electrons. The number of carbonyl (C=O) groups excluding carboxylic acids is 2. The summed E-state index contributed by atoms with van der Waals surface area (Å²) in [6.07, 6.45) is 3.29. The number of rotatable bonds is 5. The summed E-state index contributed by atoms with van der Waals surface area (Å²) in [6.45, 7) is 5.89. The molecule has 170 valence electrons. The Kier molecular flexibility index (Phi) is 6.73. The van der Waals surface area contributed by atoms with E-state index in [9.17, 15) is 14.7 Å². The number of hydrogen-bond donors (Lipinski definition) is 1. The lowest BCUT2D eigenvalue weighted by molar-refractivity contribution is -0.134. The van der Waals surface area contributed by atoms with Gasteiger partial charge in [-0.05, 0) is 43.0 Å². The van der Waals surface area contributed by atoms with Gasteiger partial charge in [-0.15, -0.1) is 0 Å². The number of carbonyl (C=O) groups is 2. The van der Waals surface area contributed by atoms with Crippen LogP contribution in [0.2, 0.25) is 0 Å². The van der Waals surface area contributed by atoms with Crippen LogP contribution in [0.1, 0.15) is 28.4 Å². The van der Waals surface area contributed by atoms with Crippen molar-refractivity contribution in [3.8, 4) is 16.9 Å². The van der Waals surface area contributed by atoms with E-state index < -0.39 is 0 Å². The van der Waals surface area contributed by atoms with Crippen molar-refractivity contribution in [1.29, 1.82) is 0 Å². The molecule has 1 aliphatic heterocycles. The monoisotopic (exact) mass is 443 g/mol. The molecule has 1 N–H and O–H groups in total. The summed E-state index contributed by atoms with van der Waals surface area (Å²) in [4.78, 5) is 34.0. The molecule has 0 unspecified atom stereocenters. The highest BCUT2D eigenvalue weighted by Gasteiger charge is 2.32. The van der Waals surface area contributed by atoms with Crippen LogP contribution in [0.15, 0.2) is 67.0 Å². The number of aryl methyl sites for hydroxylation is 1. The molecule has 0 saturated carbocycles. The minimum Gasteiger partial charge on any atom is -0.506 e. The van der Waals surface area contributed by atoms with Gasteiger partial charge in [-0.1, -0.05) is 54.1 Å². The first kappa shape index (κ1) is 22.5. The quantitative estimate of drug-likeness (QED) is 0.649. The van der Waals surface area contributed by atoms with Gasteiger partial charge in [0.05, 0.1) is 17.7 Å². The molecular formula is C27H29N3O3. The van der Waals surface area contributed by atoms with Gasteiger partial charge in [-0.25, -0.2) is 0 Å². The third-order valence-electron chi connectivity index (χ3n) is 6.23. The average molecular weight is 444 g/mol. The lowest BCUT2D eigenvalue weighted by atomic mass is 9.91. The molecule has 3 aromatic rings. The van der Waals surface area contributed by atoms with Crippen LogP contribution < -0.4 is 0 Å². The SMILES string of the molecule is CCN1CCN(C(=O)c2cncc(O)c2)C[C@H](Cc2ccccc2-c2ccc(C)cc2)C1=O. The van der Waals surface area contributed by atoms with Crippen LogP contribution in [0, 0.1) is 12.8 Å². The Morgan fingerprint density at radius 3 is 2.58 bits per heavy atom. The van der Waals surface area contributed by atoms with Crippen LogP contribution in [0.25, 0.3) is 11.1 Å². The van der Waals surface area contributed by atoms with Crippen molar-refractivity contribution in [2.45, 2.75) is 20.3 Å². The fraction of sp³-hybridized carbons (Fsp3) is 0.296. The van der Waals surface area contributed by atoms with E-state index in [2.05, 4.69) is 48.3 Å². The van der Waals surface area contributed by atoms with Gasteiger partial charge in [0.25, 0.3) is 5.91 Å². The van der Waals surface area contributed by atoms with E-state index in [0.717, 1.165) is 16.7 Å². The number of amides is 2. The highest BCUT2D eigenvalue weighted by atomic mass is 16.3. The summed E-state index contributed by atoms with van der Waals surface area (Å²) in [5.41, 5.74) is 4.83. The van der Waals surface area contributed by atoms with Crippen LogP contribution in [0.4, 0.5) is 0 Å². The predicted octanol–water partition coefficient (Wildman–Crippen LogP) is 3.93. The molecule has 0 bridgehead atoms. The summed E-state index contributed by atoms with van der Waals surface area (Å²) in [7, 11) is 0. The zero-order chi connectivity index (χ0) is 23.4. The second-order valence-electron chi connectivity index (χ2n) is 8.53. The summed E-state index contributed by atoms with van der Waals surface area (Å²) >= 11 is 0. The lowest BCUT2D eigenvalue weighted by Gasteiger charge is -2.24. The molecule has 6 nitrogen and oxygen atoms in total. The third-order valence-corrected chi connectivity index (χ3v) is 6.23. The zero-order valence-corrected chi connectivity index (χ0v) is 19.1. The number of aromatic hydroxyl groups is 1. The second-order valence-corrected chi connectivity index (χ2v) is 8.53. The average Bonchev–Trinajstić information content (AvgIpc) is 2.98. The number of pyridine rings is 1. The first-order valence-corrected chi connectivity index (χ1v) is 11.3. The molecule has 2 amide bonds. The molecule has 1 fully saturated rings. The van der Waals surface area contributed by atoms with Crippen molar-refractivity contribution >= 4 is 11.8 Å². The minimum absolute atomic E-state index is 0.0505. The summed E-state index contributed by atoms with van der Waals surface area (Å²) in [5.74, 6) is -0.555. The molecule has 0 spiro atoms. The zero-order valence-electron chi connectivity index (χ0n) is 19.1. The van der Waals surface area contributed by atoms with E-state index in [0.29, 0.717) is 38.2 Å². The Hall–Kier alpha value is -3.67. The van der Waals surface area contributed by atoms with E-state index in [4.69, 9.17) is 0 Å². The van der Waals surface area contributed by atoms with Gasteiger partial charge in [-0.3, -0.25) is 14.6 Å². The molecule has 0 aliphatic carbocycles. The van der Waals surface area contributed by atoms with Gasteiger partial charge in [-0.2, -0.15) is 0 Å². The standard InChI is InChI=1S/C27H29N3O3/c1-3-29-12-13-30(26(32)22-15-24(31)17-28-16-22)18-23(27(29)33)14-21-6-4-5-7-25(21)20-10-8-19(2)9-11-20/h4-11,15-17,23,31H,3,12-14,18H2,1-2H3/t23-/m0/s1. The number of benzene rings is 2. The first-order valence-electron chi connectivity index (χ1n) is 11.3. The molecule has 1 aromatic heterocycles. The van der Waals surface area contributed by atoms with Crippen LogP contribution >= 0.6 is 0 Å². The van der Waals surface area contributed by atoms with E-state index in [1.807, 2.05) is 24.0 Å². The minimum atomic E-state index is -0.353. The molecule has 6 heteroatoms. The fourth-order valence-corrected chi connectivity index (χ4v) is 4.40. The van der Waals surface area contributed by atoms with E-state index in [1.165, 1.54) is 24.0 Å². The van der Waals surface area contributed by atoms with Crippen LogP contribution in [0.5, 0.6) is 5.75 Å². The van der Waals surface area contributed by atoms with Gasteiger partial charge in [0.15, 0.2) is 0 Å². The number of aromatic nitrogens is 1. The third kappa shape index (κ3) is 5.06. The van der Waals surface area contributed by atoms with Gasteiger partial charge >= 0.3 is 0 Å². The molecule has 1 aliphatic rings. The highest BCUT2D eigenvalue weighted by molar-refractivity contribution is 5.95. The van der Waals surface area contributed by atoms with E-state index in [1.54, 1.807) is 4.90 Å². The molecule has 4 rings (SSSR count). The maximum absolute atomic E-state index is 13.4. The molecule has 2 heterocycles. The Morgan fingerprint density at radius 2 is 1.85 bits per heavy atom. The van der Waals surface area contributed by atoms with E-state index >= 15 is 0 Å². The van der Waals surface area contributed by atoms with Crippen molar-refractivity contribution in [3.05, 3.63) is 83.7 Å². The fourth-order valence-electron chi connectivity index (χ4n) is 4.40. The number of likely N-dealkylation sites (N-methyl/N-ethyl adjacent to an activating group) is 1. The Balaban J connectivity index is 1.63. The van der Waals surface area contributed by atoms with Crippen molar-refractivity contribution in [3.63, 3.8) is 0 Å². The van der Waals surface area contributed by atoms with Crippen molar-refractivity contribution in [2.24, 2.45) is 5.92 Å². The highest BCUT2D eigenvalue weighted by Crippen LogP contribution is 2.28. The van der Waals surface area contributed by atoms with Crippen LogP contribution in [0.3, 0.4) is 0 Å². The number of nitrogens with zero attached hydrogens (tertiary/aromatic N) is 3. The van der Waals surface area contributed by atoms with Gasteiger partial charge in [0.2, 0.25) is 5.91 Å². The Morgan fingerprint density at radius 1 is 1.09 bits per heavy atom. The second kappa shape index (κ2) is 9.86. The topological polar surface area (TPSA) is 73.7 Å². The van der Waals surface area contributed by atoms with Crippen molar-refractivity contribution in [1.82, 2.24) is 14.8 Å². The summed E-state index contributed by atoms with van der Waals surface area (Å²) < 4.78 is 0. The molecule has 33 heavy (non-hydrogen) atoms. The largest absolute Gasteiger partial charge is 0.506 e. The Labute approximate surface area is 194 Å². The first-order chi connectivity index (χ1) is 16.0. The van der Waals surface area contributed by atoms with Crippen LogP contribution in [-0.4, -0.2) is 57.9 Å². The molecular weight excluding hydrogens is 414 g/mol. The van der Waals surface area contributed by atoms with Crippen molar-refractivity contribution in [2.75, 3.05) is 26.2 Å². The van der Waals surface area contributed by atoms with Gasteiger partial charge < -0.3 is 14.9 Å². The maximum atomic E-state index is 13.4.